The van der Waals surface area contributed by atoms with E-state index in [1.165, 1.54) is 37.9 Å². The van der Waals surface area contributed by atoms with Crippen LogP contribution in [0.3, 0.4) is 0 Å². The van der Waals surface area contributed by atoms with E-state index >= 15 is 0 Å². The van der Waals surface area contributed by atoms with Gasteiger partial charge in [-0.15, -0.1) is 0 Å². The minimum atomic E-state index is 0.697. The summed E-state index contributed by atoms with van der Waals surface area (Å²) in [5.41, 5.74) is 7.07. The zero-order valence-corrected chi connectivity index (χ0v) is 10.00. The van der Waals surface area contributed by atoms with Crippen LogP contribution >= 0.6 is 0 Å². The molecule has 1 heterocycles. The Morgan fingerprint density at radius 2 is 2.00 bits per heavy atom. The van der Waals surface area contributed by atoms with Crippen LogP contribution in [0.25, 0.3) is 0 Å². The molecule has 0 unspecified atom stereocenters. The average molecular weight is 209 g/mol. The molecule has 0 saturated carbocycles. The largest absolute Gasteiger partial charge is 0.384 e. The maximum absolute atomic E-state index is 5.88. The summed E-state index contributed by atoms with van der Waals surface area (Å²) >= 11 is 0. The van der Waals surface area contributed by atoms with Gasteiger partial charge in [0.2, 0.25) is 0 Å². The third-order valence-corrected chi connectivity index (χ3v) is 2.86. The first kappa shape index (κ1) is 12.2. The standard InChI is InChI=1S/C12H23N3/c1-3-7-11(12(13)14-2)10-15-8-5-4-6-9-15/h7H,3-6,8-10H2,1-2H3,(H2,13,14)/b11-7-. The molecular formula is C12H23N3. The molecule has 0 radical (unpaired) electrons. The lowest BCUT2D eigenvalue weighted by Gasteiger charge is -2.27. The summed E-state index contributed by atoms with van der Waals surface area (Å²) in [6, 6.07) is 0. The first-order chi connectivity index (χ1) is 7.27. The first-order valence-corrected chi connectivity index (χ1v) is 5.92. The fourth-order valence-electron chi connectivity index (χ4n) is 2.00. The summed E-state index contributed by atoms with van der Waals surface area (Å²) < 4.78 is 0. The van der Waals surface area contributed by atoms with E-state index < -0.39 is 0 Å². The molecule has 0 aromatic carbocycles. The molecule has 1 aliphatic rings. The molecule has 1 rings (SSSR count). The fourth-order valence-corrected chi connectivity index (χ4v) is 2.00. The van der Waals surface area contributed by atoms with Crippen molar-refractivity contribution in [3.63, 3.8) is 0 Å². The van der Waals surface area contributed by atoms with Gasteiger partial charge in [0.05, 0.1) is 0 Å². The summed E-state index contributed by atoms with van der Waals surface area (Å²) in [6.45, 7) is 5.52. The van der Waals surface area contributed by atoms with Crippen LogP contribution in [0.2, 0.25) is 0 Å². The molecule has 3 nitrogen and oxygen atoms in total. The summed E-state index contributed by atoms with van der Waals surface area (Å²) in [5, 5.41) is 0. The Bertz CT molecular complexity index is 237. The third kappa shape index (κ3) is 4.04. The van der Waals surface area contributed by atoms with E-state index in [2.05, 4.69) is 22.9 Å². The number of nitrogens with zero attached hydrogens (tertiary/aromatic N) is 2. The van der Waals surface area contributed by atoms with Gasteiger partial charge in [-0.05, 0) is 32.4 Å². The number of aliphatic imine (C=N–C) groups is 1. The number of allylic oxidation sites excluding steroid dienone is 1. The van der Waals surface area contributed by atoms with E-state index in [1.54, 1.807) is 7.05 Å². The van der Waals surface area contributed by atoms with Crippen LogP contribution in [0.5, 0.6) is 0 Å². The average Bonchev–Trinajstić information content (AvgIpc) is 2.29. The molecule has 2 N–H and O–H groups in total. The molecule has 0 aromatic heterocycles. The van der Waals surface area contributed by atoms with Crippen molar-refractivity contribution in [1.29, 1.82) is 0 Å². The number of amidine groups is 1. The molecule has 15 heavy (non-hydrogen) atoms. The highest BCUT2D eigenvalue weighted by Gasteiger charge is 2.12. The van der Waals surface area contributed by atoms with Gasteiger partial charge < -0.3 is 5.73 Å². The molecule has 0 spiro atoms. The Hall–Kier alpha value is -0.830. The highest BCUT2D eigenvalue weighted by Crippen LogP contribution is 2.11. The fraction of sp³-hybridized carbons (Fsp3) is 0.750. The van der Waals surface area contributed by atoms with Gasteiger partial charge >= 0.3 is 0 Å². The van der Waals surface area contributed by atoms with E-state index in [4.69, 9.17) is 5.73 Å². The van der Waals surface area contributed by atoms with Crippen molar-refractivity contribution in [2.24, 2.45) is 10.7 Å². The predicted octanol–water partition coefficient (Wildman–Crippen LogP) is 1.80. The molecule has 1 fully saturated rings. The predicted molar refractivity (Wildman–Crippen MR) is 66.2 cm³/mol. The normalized spacial score (nSPS) is 20.7. The van der Waals surface area contributed by atoms with E-state index in [0.29, 0.717) is 5.84 Å². The second-order valence-electron chi connectivity index (χ2n) is 4.08. The molecule has 0 aliphatic carbocycles. The summed E-state index contributed by atoms with van der Waals surface area (Å²) in [7, 11) is 1.76. The molecule has 1 aliphatic heterocycles. The van der Waals surface area contributed by atoms with E-state index in [-0.39, 0.29) is 0 Å². The van der Waals surface area contributed by atoms with E-state index in [0.717, 1.165) is 13.0 Å². The monoisotopic (exact) mass is 209 g/mol. The Morgan fingerprint density at radius 3 is 2.53 bits per heavy atom. The van der Waals surface area contributed by atoms with Crippen LogP contribution in [0, 0.1) is 0 Å². The lowest BCUT2D eigenvalue weighted by atomic mass is 10.1. The third-order valence-electron chi connectivity index (χ3n) is 2.86. The Balaban J connectivity index is 2.54. The van der Waals surface area contributed by atoms with Crippen LogP contribution in [-0.2, 0) is 0 Å². The number of piperidine rings is 1. The summed E-state index contributed by atoms with van der Waals surface area (Å²) in [5.74, 6) is 0.697. The smallest absolute Gasteiger partial charge is 0.122 e. The number of likely N-dealkylation sites (tertiary alicyclic amines) is 1. The highest BCUT2D eigenvalue weighted by atomic mass is 15.1. The maximum atomic E-state index is 5.88. The topological polar surface area (TPSA) is 41.6 Å². The minimum Gasteiger partial charge on any atom is -0.384 e. The van der Waals surface area contributed by atoms with Crippen molar-refractivity contribution < 1.29 is 0 Å². The van der Waals surface area contributed by atoms with Crippen molar-refractivity contribution in [3.05, 3.63) is 11.6 Å². The molecule has 0 bridgehead atoms. The van der Waals surface area contributed by atoms with Crippen molar-refractivity contribution in [2.75, 3.05) is 26.7 Å². The SMILES string of the molecule is CC/C=C(/CN1CCCCC1)C(N)=NC. The zero-order chi connectivity index (χ0) is 11.1. The van der Waals surface area contributed by atoms with Crippen LogP contribution in [0.15, 0.2) is 16.6 Å². The highest BCUT2D eigenvalue weighted by molar-refractivity contribution is 5.97. The van der Waals surface area contributed by atoms with Gasteiger partial charge in [0.15, 0.2) is 0 Å². The number of nitrogens with two attached hydrogens (primary N) is 1. The molecule has 0 amide bonds. The summed E-state index contributed by atoms with van der Waals surface area (Å²) in [4.78, 5) is 6.55. The number of hydrogen-bond donors (Lipinski definition) is 1. The van der Waals surface area contributed by atoms with Gasteiger partial charge in [-0.25, -0.2) is 0 Å². The lowest BCUT2D eigenvalue weighted by Crippen LogP contribution is -2.34. The molecule has 1 saturated heterocycles. The quantitative estimate of drug-likeness (QED) is 0.566. The van der Waals surface area contributed by atoms with E-state index in [9.17, 15) is 0 Å². The van der Waals surface area contributed by atoms with Crippen molar-refractivity contribution >= 4 is 5.84 Å². The van der Waals surface area contributed by atoms with Gasteiger partial charge in [0.1, 0.15) is 5.84 Å². The minimum absolute atomic E-state index is 0.697. The van der Waals surface area contributed by atoms with Gasteiger partial charge in [0.25, 0.3) is 0 Å². The summed E-state index contributed by atoms with van der Waals surface area (Å²) in [6.07, 6.45) is 7.24. The van der Waals surface area contributed by atoms with Gasteiger partial charge in [0, 0.05) is 19.2 Å². The van der Waals surface area contributed by atoms with Crippen molar-refractivity contribution in [1.82, 2.24) is 4.90 Å². The molecule has 0 aromatic rings. The second kappa shape index (κ2) is 6.62. The Labute approximate surface area is 93.1 Å². The zero-order valence-electron chi connectivity index (χ0n) is 10.00. The first-order valence-electron chi connectivity index (χ1n) is 5.92. The van der Waals surface area contributed by atoms with Crippen LogP contribution in [0.1, 0.15) is 32.6 Å². The number of hydrogen-bond acceptors (Lipinski definition) is 2. The van der Waals surface area contributed by atoms with E-state index in [1.807, 2.05) is 0 Å². The second-order valence-corrected chi connectivity index (χ2v) is 4.08. The Morgan fingerprint density at radius 1 is 1.33 bits per heavy atom. The molecule has 0 atom stereocenters. The van der Waals surface area contributed by atoms with Gasteiger partial charge in [-0.3, -0.25) is 9.89 Å². The van der Waals surface area contributed by atoms with Crippen molar-refractivity contribution in [2.45, 2.75) is 32.6 Å². The number of rotatable bonds is 4. The van der Waals surface area contributed by atoms with Crippen molar-refractivity contribution in [3.8, 4) is 0 Å². The lowest BCUT2D eigenvalue weighted by molar-refractivity contribution is 0.249. The van der Waals surface area contributed by atoms with Crippen LogP contribution in [-0.4, -0.2) is 37.4 Å². The molecule has 86 valence electrons. The molecular weight excluding hydrogens is 186 g/mol. The maximum Gasteiger partial charge on any atom is 0.122 e. The van der Waals surface area contributed by atoms with Gasteiger partial charge in [-0.1, -0.05) is 19.4 Å². The van der Waals surface area contributed by atoms with Gasteiger partial charge in [-0.2, -0.15) is 0 Å². The van der Waals surface area contributed by atoms with Crippen LogP contribution < -0.4 is 5.73 Å². The molecule has 3 heteroatoms. The Kier molecular flexibility index (Phi) is 5.40. The van der Waals surface area contributed by atoms with Crippen LogP contribution in [0.4, 0.5) is 0 Å².